The summed E-state index contributed by atoms with van der Waals surface area (Å²) < 4.78 is 8.88. The average Bonchev–Trinajstić information content (AvgIpc) is 3.73. The highest BCUT2D eigenvalue weighted by Gasteiger charge is 2.20. The fourth-order valence-electron chi connectivity index (χ4n) is 6.96. The first-order chi connectivity index (χ1) is 20.3. The van der Waals surface area contributed by atoms with E-state index >= 15 is 0 Å². The third-order valence-corrected chi connectivity index (χ3v) is 9.91. The van der Waals surface area contributed by atoms with E-state index in [2.05, 4.69) is 120 Å². The maximum atomic E-state index is 6.38. The molecule has 6 aromatic carbocycles. The molecule has 4 heterocycles. The van der Waals surface area contributed by atoms with Gasteiger partial charge in [0.05, 0.1) is 11.0 Å². The number of pyridine rings is 1. The maximum Gasteiger partial charge on any atom is 0.143 e. The van der Waals surface area contributed by atoms with Crippen LogP contribution in [0.1, 0.15) is 0 Å². The summed E-state index contributed by atoms with van der Waals surface area (Å²) in [4.78, 5) is 2.56. The summed E-state index contributed by atoms with van der Waals surface area (Å²) in [5.74, 6) is 0. The third kappa shape index (κ3) is 2.81. The Morgan fingerprint density at radius 3 is 2.29 bits per heavy atom. The lowest BCUT2D eigenvalue weighted by atomic mass is 9.99. The Kier molecular flexibility index (Phi) is 4.10. The first kappa shape index (κ1) is 21.7. The second kappa shape index (κ2) is 7.75. The minimum absolute atomic E-state index is 0.927. The number of aromatic nitrogens is 1. The quantitative estimate of drug-likeness (QED) is 0.214. The van der Waals surface area contributed by atoms with Crippen LogP contribution in [0.4, 0.5) is 0 Å². The van der Waals surface area contributed by atoms with Crippen LogP contribution in [0.15, 0.2) is 132 Å². The Balaban J connectivity index is 1.26. The van der Waals surface area contributed by atoms with Gasteiger partial charge < -0.3 is 4.42 Å². The number of para-hydroxylation sites is 3. The molecule has 190 valence electrons. The van der Waals surface area contributed by atoms with Gasteiger partial charge in [0, 0.05) is 42.8 Å². The number of nitrogens with zero attached hydrogens (tertiary/aromatic N) is 1. The Morgan fingerprint density at radius 1 is 0.537 bits per heavy atom. The van der Waals surface area contributed by atoms with Crippen molar-refractivity contribution in [1.82, 2.24) is 4.40 Å². The molecule has 41 heavy (non-hydrogen) atoms. The molecule has 0 saturated heterocycles. The van der Waals surface area contributed by atoms with Crippen molar-refractivity contribution in [3.63, 3.8) is 0 Å². The highest BCUT2D eigenvalue weighted by atomic mass is 32.1. The predicted octanol–water partition coefficient (Wildman–Crippen LogP) is 11.3. The van der Waals surface area contributed by atoms with Crippen molar-refractivity contribution in [2.75, 3.05) is 0 Å². The van der Waals surface area contributed by atoms with Gasteiger partial charge in [-0.25, -0.2) is 0 Å². The first-order valence-corrected chi connectivity index (χ1v) is 14.8. The van der Waals surface area contributed by atoms with Gasteiger partial charge in [0.15, 0.2) is 0 Å². The van der Waals surface area contributed by atoms with E-state index in [1.807, 2.05) is 23.5 Å². The van der Waals surface area contributed by atoms with Crippen LogP contribution in [-0.4, -0.2) is 4.40 Å². The molecule has 0 amide bonds. The minimum atomic E-state index is 0.927. The highest BCUT2D eigenvalue weighted by Crippen LogP contribution is 2.46. The Bertz CT molecular complexity index is 2650. The van der Waals surface area contributed by atoms with Gasteiger partial charge in [-0.15, -0.1) is 11.3 Å². The molecule has 0 bridgehead atoms. The highest BCUT2D eigenvalue weighted by molar-refractivity contribution is 7.22. The Morgan fingerprint density at radius 2 is 1.32 bits per heavy atom. The van der Waals surface area contributed by atoms with Crippen molar-refractivity contribution in [3.8, 4) is 21.6 Å². The monoisotopic (exact) mass is 539 g/mol. The van der Waals surface area contributed by atoms with Crippen molar-refractivity contribution >= 4 is 81.5 Å². The molecule has 0 radical (unpaired) electrons. The molecule has 3 heteroatoms. The number of fused-ring (bicyclic) bond motifs is 9. The molecule has 2 nitrogen and oxygen atoms in total. The summed E-state index contributed by atoms with van der Waals surface area (Å²) in [5.41, 5.74) is 7.97. The molecule has 0 aliphatic rings. The molecule has 0 saturated carbocycles. The number of hydrogen-bond donors (Lipinski definition) is 0. The fraction of sp³-hybridized carbons (Fsp3) is 0. The second-order valence-electron chi connectivity index (χ2n) is 10.9. The molecule has 0 fully saturated rings. The van der Waals surface area contributed by atoms with Gasteiger partial charge in [0.25, 0.3) is 0 Å². The molecule has 0 atom stereocenters. The van der Waals surface area contributed by atoms with Crippen molar-refractivity contribution in [3.05, 3.63) is 127 Å². The van der Waals surface area contributed by atoms with E-state index in [4.69, 9.17) is 4.42 Å². The van der Waals surface area contributed by atoms with Crippen LogP contribution >= 0.6 is 11.3 Å². The Labute approximate surface area is 238 Å². The van der Waals surface area contributed by atoms with E-state index in [-0.39, 0.29) is 0 Å². The zero-order chi connectivity index (χ0) is 26.7. The van der Waals surface area contributed by atoms with E-state index in [1.165, 1.54) is 58.6 Å². The summed E-state index contributed by atoms with van der Waals surface area (Å²) >= 11 is 1.88. The van der Waals surface area contributed by atoms with Gasteiger partial charge in [0.1, 0.15) is 16.0 Å². The number of thiophene rings is 1. The number of furan rings is 1. The van der Waals surface area contributed by atoms with E-state index in [0.717, 1.165) is 33.1 Å². The molecule has 0 aliphatic carbocycles. The second-order valence-corrected chi connectivity index (χ2v) is 11.9. The minimum Gasteiger partial charge on any atom is -0.455 e. The molecule has 10 rings (SSSR count). The van der Waals surface area contributed by atoms with E-state index < -0.39 is 0 Å². The summed E-state index contributed by atoms with van der Waals surface area (Å²) in [6.45, 7) is 0. The third-order valence-electron chi connectivity index (χ3n) is 8.75. The molecular weight excluding hydrogens is 518 g/mol. The maximum absolute atomic E-state index is 6.38. The van der Waals surface area contributed by atoms with Crippen molar-refractivity contribution < 1.29 is 4.42 Å². The lowest BCUT2D eigenvalue weighted by Gasteiger charge is -2.09. The number of hydrogen-bond acceptors (Lipinski definition) is 2. The molecule has 10 aromatic rings. The van der Waals surface area contributed by atoms with E-state index in [9.17, 15) is 0 Å². The predicted molar refractivity (Wildman–Crippen MR) is 175 cm³/mol. The van der Waals surface area contributed by atoms with Crippen LogP contribution in [-0.2, 0) is 0 Å². The first-order valence-electron chi connectivity index (χ1n) is 13.9. The SMILES string of the molecule is c1cc(-c2cc3c4cccc5ccc6c7ccccc7n(c3s2)c6c54)cc(-c2cccc3c2oc2ccccc23)c1. The van der Waals surface area contributed by atoms with E-state index in [1.54, 1.807) is 0 Å². The van der Waals surface area contributed by atoms with Crippen LogP contribution in [0.2, 0.25) is 0 Å². The van der Waals surface area contributed by atoms with Crippen molar-refractivity contribution in [2.24, 2.45) is 0 Å². The topological polar surface area (TPSA) is 17.6 Å². The zero-order valence-corrected chi connectivity index (χ0v) is 22.7. The lowest BCUT2D eigenvalue weighted by molar-refractivity contribution is 0.670. The molecule has 4 aromatic heterocycles. The van der Waals surface area contributed by atoms with Crippen molar-refractivity contribution in [1.29, 1.82) is 0 Å². The Hall–Kier alpha value is -5.12. The van der Waals surface area contributed by atoms with Crippen LogP contribution in [0.3, 0.4) is 0 Å². The fourth-order valence-corrected chi connectivity index (χ4v) is 8.15. The molecule has 0 unspecified atom stereocenters. The van der Waals surface area contributed by atoms with E-state index in [0.29, 0.717) is 0 Å². The number of rotatable bonds is 2. The summed E-state index contributed by atoms with van der Waals surface area (Å²) in [7, 11) is 0. The van der Waals surface area contributed by atoms with Gasteiger partial charge in [-0.1, -0.05) is 103 Å². The average molecular weight is 540 g/mol. The smallest absolute Gasteiger partial charge is 0.143 e. The normalized spacial score (nSPS) is 12.4. The van der Waals surface area contributed by atoms with Gasteiger partial charge in [-0.3, -0.25) is 4.40 Å². The van der Waals surface area contributed by atoms with Gasteiger partial charge in [0.2, 0.25) is 0 Å². The summed E-state index contributed by atoms with van der Waals surface area (Å²) in [6, 6.07) is 46.2. The van der Waals surface area contributed by atoms with Crippen LogP contribution in [0.5, 0.6) is 0 Å². The molecule has 0 spiro atoms. The van der Waals surface area contributed by atoms with Gasteiger partial charge in [-0.05, 0) is 46.2 Å². The zero-order valence-electron chi connectivity index (χ0n) is 21.9. The number of benzene rings is 6. The van der Waals surface area contributed by atoms with Gasteiger partial charge >= 0.3 is 0 Å². The van der Waals surface area contributed by atoms with Crippen LogP contribution < -0.4 is 0 Å². The standard InChI is InChI=1S/C38H21NOS/c1-3-16-32-26(11-1)29-19-18-22-8-6-14-28-31-21-34(41-38(31)39(32)36(29)35(22)28)24-10-5-9-23(20-24)25-13-7-15-30-27-12-2-4-17-33(27)40-37(25)30/h1-21H. The lowest BCUT2D eigenvalue weighted by Crippen LogP contribution is -1.88. The van der Waals surface area contributed by atoms with Crippen molar-refractivity contribution in [2.45, 2.75) is 0 Å². The van der Waals surface area contributed by atoms with Crippen LogP contribution in [0.25, 0.3) is 91.7 Å². The molecular formula is C38H21NOS. The molecule has 0 aliphatic heterocycles. The summed E-state index contributed by atoms with van der Waals surface area (Å²) in [5, 5.41) is 10.2. The van der Waals surface area contributed by atoms with Gasteiger partial charge in [-0.2, -0.15) is 0 Å². The largest absolute Gasteiger partial charge is 0.455 e. The molecule has 0 N–H and O–H groups in total. The van der Waals surface area contributed by atoms with Crippen LogP contribution in [0, 0.1) is 0 Å². The summed E-state index contributed by atoms with van der Waals surface area (Å²) in [6.07, 6.45) is 0.